The van der Waals surface area contributed by atoms with Gasteiger partial charge in [-0.1, -0.05) is 41.4 Å². The number of ether oxygens (including phenoxy) is 2. The van der Waals surface area contributed by atoms with Crippen molar-refractivity contribution < 1.29 is 23.5 Å². The maximum atomic E-state index is 13.7. The number of carbonyl (C=O) groups is 2. The average molecular weight is 456 g/mol. The van der Waals surface area contributed by atoms with Crippen molar-refractivity contribution >= 4 is 52.2 Å². The summed E-state index contributed by atoms with van der Waals surface area (Å²) in [5.74, 6) is -0.577. The Kier molecular flexibility index (Phi) is 7.18. The van der Waals surface area contributed by atoms with Crippen LogP contribution in [0.3, 0.4) is 0 Å². The van der Waals surface area contributed by atoms with Gasteiger partial charge in [0.25, 0.3) is 11.1 Å². The van der Waals surface area contributed by atoms with Crippen molar-refractivity contribution in [2.45, 2.75) is 6.61 Å². The zero-order valence-electron chi connectivity index (χ0n) is 15.3. The lowest BCUT2D eigenvalue weighted by Crippen LogP contribution is -2.31. The molecule has 0 aromatic heterocycles. The molecule has 3 rings (SSSR count). The normalized spacial score (nSPS) is 15.4. The van der Waals surface area contributed by atoms with E-state index < -0.39 is 5.91 Å². The topological polar surface area (TPSA) is 55.8 Å². The van der Waals surface area contributed by atoms with Crippen LogP contribution in [-0.2, 0) is 16.1 Å². The van der Waals surface area contributed by atoms with E-state index in [9.17, 15) is 14.0 Å². The van der Waals surface area contributed by atoms with Gasteiger partial charge in [0.15, 0.2) is 5.75 Å². The number of rotatable bonds is 7. The van der Waals surface area contributed by atoms with Crippen LogP contribution in [0.1, 0.15) is 11.1 Å². The van der Waals surface area contributed by atoms with Crippen LogP contribution in [-0.4, -0.2) is 36.3 Å². The van der Waals surface area contributed by atoms with E-state index >= 15 is 0 Å². The van der Waals surface area contributed by atoms with Crippen molar-refractivity contribution in [2.75, 3.05) is 20.3 Å². The van der Waals surface area contributed by atoms with Crippen molar-refractivity contribution in [1.82, 2.24) is 4.90 Å². The van der Waals surface area contributed by atoms with Gasteiger partial charge in [-0.3, -0.25) is 14.5 Å². The molecule has 1 heterocycles. The number of hydrogen-bond donors (Lipinski definition) is 0. The molecule has 29 heavy (non-hydrogen) atoms. The standard InChI is InChI=1S/C20H16Cl2FNO4S/c1-27-7-6-24-19(25)17(29-20(24)26)10-12-8-14(21)18(15(22)9-12)28-11-13-4-2-3-5-16(13)23/h2-5,8-10H,6-7,11H2,1H3/b17-10+. The third-order valence-electron chi connectivity index (χ3n) is 4.04. The molecule has 2 aromatic rings. The Morgan fingerprint density at radius 2 is 1.86 bits per heavy atom. The van der Waals surface area contributed by atoms with E-state index in [0.29, 0.717) is 11.1 Å². The molecule has 0 bridgehead atoms. The number of imide groups is 1. The SMILES string of the molecule is COCCN1C(=O)S/C(=C/c2cc(Cl)c(OCc3ccccc3F)c(Cl)c2)C1=O. The highest BCUT2D eigenvalue weighted by Crippen LogP contribution is 2.37. The maximum Gasteiger partial charge on any atom is 0.293 e. The summed E-state index contributed by atoms with van der Waals surface area (Å²) in [7, 11) is 1.49. The summed E-state index contributed by atoms with van der Waals surface area (Å²) < 4.78 is 24.2. The van der Waals surface area contributed by atoms with Crippen LogP contribution in [0.4, 0.5) is 9.18 Å². The molecule has 5 nitrogen and oxygen atoms in total. The van der Waals surface area contributed by atoms with Gasteiger partial charge in [-0.15, -0.1) is 0 Å². The van der Waals surface area contributed by atoms with Crippen LogP contribution >= 0.6 is 35.0 Å². The predicted octanol–water partition coefficient (Wildman–Crippen LogP) is 5.39. The second-order valence-corrected chi connectivity index (χ2v) is 7.83. The molecule has 1 aliphatic heterocycles. The fourth-order valence-corrected chi connectivity index (χ4v) is 4.07. The van der Waals surface area contributed by atoms with Crippen molar-refractivity contribution in [3.63, 3.8) is 0 Å². The highest BCUT2D eigenvalue weighted by atomic mass is 35.5. The minimum Gasteiger partial charge on any atom is -0.486 e. The summed E-state index contributed by atoms with van der Waals surface area (Å²) in [6, 6.07) is 9.36. The molecule has 0 radical (unpaired) electrons. The van der Waals surface area contributed by atoms with Crippen LogP contribution in [0.2, 0.25) is 10.0 Å². The van der Waals surface area contributed by atoms with Gasteiger partial charge in [-0.2, -0.15) is 0 Å². The Hall–Kier alpha value is -2.06. The molecule has 1 aliphatic rings. The number of methoxy groups -OCH3 is 1. The summed E-state index contributed by atoms with van der Waals surface area (Å²) in [5.41, 5.74) is 0.906. The molecule has 0 spiro atoms. The lowest BCUT2D eigenvalue weighted by molar-refractivity contribution is -0.123. The Morgan fingerprint density at radius 1 is 1.17 bits per heavy atom. The first-order chi connectivity index (χ1) is 13.9. The molecule has 0 unspecified atom stereocenters. The third-order valence-corrected chi connectivity index (χ3v) is 5.51. The number of benzene rings is 2. The van der Waals surface area contributed by atoms with Gasteiger partial charge >= 0.3 is 0 Å². The quantitative estimate of drug-likeness (QED) is 0.523. The molecule has 0 saturated carbocycles. The van der Waals surface area contributed by atoms with Crippen LogP contribution < -0.4 is 4.74 Å². The molecule has 152 valence electrons. The largest absolute Gasteiger partial charge is 0.486 e. The number of hydrogen-bond acceptors (Lipinski definition) is 5. The Bertz CT molecular complexity index is 960. The maximum absolute atomic E-state index is 13.7. The van der Waals surface area contributed by atoms with Crippen LogP contribution in [0.25, 0.3) is 6.08 Å². The number of carbonyl (C=O) groups excluding carboxylic acids is 2. The first-order valence-corrected chi connectivity index (χ1v) is 10.1. The van der Waals surface area contributed by atoms with E-state index in [-0.39, 0.29) is 51.5 Å². The van der Waals surface area contributed by atoms with E-state index in [4.69, 9.17) is 32.7 Å². The third kappa shape index (κ3) is 5.11. The van der Waals surface area contributed by atoms with E-state index in [1.165, 1.54) is 19.3 Å². The lowest BCUT2D eigenvalue weighted by Gasteiger charge is -2.12. The first-order valence-electron chi connectivity index (χ1n) is 8.50. The number of halogens is 3. The number of thioether (sulfide) groups is 1. The highest BCUT2D eigenvalue weighted by Gasteiger charge is 2.34. The van der Waals surface area contributed by atoms with Crippen molar-refractivity contribution in [2.24, 2.45) is 0 Å². The molecule has 1 fully saturated rings. The predicted molar refractivity (Wildman–Crippen MR) is 112 cm³/mol. The fraction of sp³-hybridized carbons (Fsp3) is 0.200. The zero-order chi connectivity index (χ0) is 21.0. The van der Waals surface area contributed by atoms with Crippen molar-refractivity contribution in [3.05, 3.63) is 68.3 Å². The first kappa shape index (κ1) is 21.6. The second-order valence-electron chi connectivity index (χ2n) is 6.02. The molecule has 1 saturated heterocycles. The number of amides is 2. The monoisotopic (exact) mass is 455 g/mol. The van der Waals surface area contributed by atoms with Gasteiger partial charge in [0, 0.05) is 12.7 Å². The van der Waals surface area contributed by atoms with E-state index in [1.807, 2.05) is 0 Å². The van der Waals surface area contributed by atoms with E-state index in [0.717, 1.165) is 16.7 Å². The molecule has 0 N–H and O–H groups in total. The van der Waals surface area contributed by atoms with E-state index in [1.54, 1.807) is 30.3 Å². The minimum absolute atomic E-state index is 0.0378. The molecule has 0 aliphatic carbocycles. The summed E-state index contributed by atoms with van der Waals surface area (Å²) >= 11 is 13.4. The molecule has 9 heteroatoms. The molecule has 0 atom stereocenters. The van der Waals surface area contributed by atoms with Gasteiger partial charge in [0.1, 0.15) is 12.4 Å². The van der Waals surface area contributed by atoms with E-state index in [2.05, 4.69) is 0 Å². The lowest BCUT2D eigenvalue weighted by atomic mass is 10.2. The summed E-state index contributed by atoms with van der Waals surface area (Å²) in [6.07, 6.45) is 1.54. The summed E-state index contributed by atoms with van der Waals surface area (Å²) in [5, 5.41) is 0.0535. The zero-order valence-corrected chi connectivity index (χ0v) is 17.6. The average Bonchev–Trinajstić information content (AvgIpc) is 2.93. The van der Waals surface area contributed by atoms with Gasteiger partial charge < -0.3 is 9.47 Å². The fourth-order valence-electron chi connectivity index (χ4n) is 2.59. The smallest absolute Gasteiger partial charge is 0.293 e. The van der Waals surface area contributed by atoms with Crippen molar-refractivity contribution in [1.29, 1.82) is 0 Å². The Morgan fingerprint density at radius 3 is 2.52 bits per heavy atom. The Balaban J connectivity index is 1.77. The van der Waals surface area contributed by atoms with Gasteiger partial charge in [0.05, 0.1) is 28.1 Å². The van der Waals surface area contributed by atoms with Crippen LogP contribution in [0.15, 0.2) is 41.3 Å². The summed E-state index contributed by atoms with van der Waals surface area (Å²) in [6.45, 7) is 0.406. The highest BCUT2D eigenvalue weighted by molar-refractivity contribution is 8.18. The number of nitrogens with zero attached hydrogens (tertiary/aromatic N) is 1. The minimum atomic E-state index is -0.399. The van der Waals surface area contributed by atoms with Crippen molar-refractivity contribution in [3.8, 4) is 5.75 Å². The molecule has 2 aromatic carbocycles. The molecule has 2 amide bonds. The van der Waals surface area contributed by atoms with Gasteiger partial charge in [-0.25, -0.2) is 4.39 Å². The van der Waals surface area contributed by atoms with Crippen LogP contribution in [0.5, 0.6) is 5.75 Å². The molecular formula is C20H16Cl2FNO4S. The van der Waals surface area contributed by atoms with Gasteiger partial charge in [-0.05, 0) is 41.6 Å². The Labute approximate surface area is 181 Å². The molecular weight excluding hydrogens is 440 g/mol. The summed E-state index contributed by atoms with van der Waals surface area (Å²) in [4.78, 5) is 25.8. The van der Waals surface area contributed by atoms with Gasteiger partial charge in [0.2, 0.25) is 0 Å². The van der Waals surface area contributed by atoms with Crippen LogP contribution in [0, 0.1) is 5.82 Å². The second kappa shape index (κ2) is 9.63.